The third kappa shape index (κ3) is 5.46. The summed E-state index contributed by atoms with van der Waals surface area (Å²) in [5, 5.41) is 2.35. The summed E-state index contributed by atoms with van der Waals surface area (Å²) in [6.07, 6.45) is -4.69. The highest BCUT2D eigenvalue weighted by atomic mass is 35.5. The van der Waals surface area contributed by atoms with Crippen LogP contribution in [0.5, 0.6) is 0 Å². The predicted molar refractivity (Wildman–Crippen MR) is 77.9 cm³/mol. The molecule has 0 aliphatic heterocycles. The first kappa shape index (κ1) is 20.7. The zero-order chi connectivity index (χ0) is 16.4. The Morgan fingerprint density at radius 1 is 1.27 bits per heavy atom. The second-order valence-electron chi connectivity index (χ2n) is 5.86. The zero-order valence-corrected chi connectivity index (χ0v) is 13.2. The van der Waals surface area contributed by atoms with Crippen molar-refractivity contribution in [2.75, 3.05) is 0 Å². The van der Waals surface area contributed by atoms with Crippen molar-refractivity contribution in [2.24, 2.45) is 11.1 Å². The van der Waals surface area contributed by atoms with Crippen LogP contribution in [0.4, 0.5) is 17.6 Å². The molecule has 0 aliphatic rings. The quantitative estimate of drug-likeness (QED) is 0.828. The van der Waals surface area contributed by atoms with Gasteiger partial charge in [-0.1, -0.05) is 26.8 Å². The molecule has 0 saturated carbocycles. The Labute approximate surface area is 132 Å². The van der Waals surface area contributed by atoms with Gasteiger partial charge in [-0.25, -0.2) is 4.39 Å². The molecule has 0 radical (unpaired) electrons. The number of carbonyl (C=O) groups excluding carboxylic acids is 1. The number of nitrogens with two attached hydrogens (primary N) is 1. The van der Waals surface area contributed by atoms with Crippen LogP contribution in [-0.2, 0) is 17.5 Å². The molecule has 0 spiro atoms. The van der Waals surface area contributed by atoms with Gasteiger partial charge in [0.2, 0.25) is 5.91 Å². The Hall–Kier alpha value is -1.34. The summed E-state index contributed by atoms with van der Waals surface area (Å²) in [5.41, 5.74) is 3.88. The Morgan fingerprint density at radius 2 is 1.82 bits per heavy atom. The van der Waals surface area contributed by atoms with Gasteiger partial charge in [-0.15, -0.1) is 12.4 Å². The fourth-order valence-electron chi connectivity index (χ4n) is 1.65. The van der Waals surface area contributed by atoms with Crippen molar-refractivity contribution in [1.29, 1.82) is 0 Å². The highest BCUT2D eigenvalue weighted by Gasteiger charge is 2.34. The van der Waals surface area contributed by atoms with Crippen molar-refractivity contribution in [3.05, 3.63) is 35.1 Å². The lowest BCUT2D eigenvalue weighted by Crippen LogP contribution is -2.48. The fourth-order valence-corrected chi connectivity index (χ4v) is 1.65. The maximum atomic E-state index is 13.0. The molecule has 1 aromatic rings. The molecule has 126 valence electrons. The minimum atomic E-state index is -4.69. The standard InChI is InChI=1S/C14H18F4N2O.ClH/c1-13(2,3)11(19)12(21)20-7-8-4-5-9(15)6-10(8)14(16,17)18;/h4-6,11H,7,19H2,1-3H3,(H,20,21);1H/t11-;/m1./s1. The number of rotatable bonds is 3. The van der Waals surface area contributed by atoms with Crippen LogP contribution in [0.3, 0.4) is 0 Å². The zero-order valence-electron chi connectivity index (χ0n) is 12.4. The van der Waals surface area contributed by atoms with E-state index in [-0.39, 0.29) is 24.5 Å². The van der Waals surface area contributed by atoms with Gasteiger partial charge in [0.15, 0.2) is 0 Å². The van der Waals surface area contributed by atoms with Crippen molar-refractivity contribution in [2.45, 2.75) is 39.5 Å². The maximum Gasteiger partial charge on any atom is 0.416 e. The van der Waals surface area contributed by atoms with Gasteiger partial charge in [-0.2, -0.15) is 13.2 Å². The molecule has 0 aliphatic carbocycles. The Balaban J connectivity index is 0.00000441. The van der Waals surface area contributed by atoms with Crippen molar-refractivity contribution in [1.82, 2.24) is 5.32 Å². The van der Waals surface area contributed by atoms with Crippen LogP contribution in [-0.4, -0.2) is 11.9 Å². The topological polar surface area (TPSA) is 55.1 Å². The largest absolute Gasteiger partial charge is 0.416 e. The van der Waals surface area contributed by atoms with E-state index in [1.54, 1.807) is 20.8 Å². The molecule has 1 atom stereocenters. The molecule has 8 heteroatoms. The van der Waals surface area contributed by atoms with E-state index < -0.39 is 34.9 Å². The van der Waals surface area contributed by atoms with E-state index in [4.69, 9.17) is 5.73 Å². The average Bonchev–Trinajstić information content (AvgIpc) is 2.33. The summed E-state index contributed by atoms with van der Waals surface area (Å²) in [4.78, 5) is 11.8. The normalized spacial score (nSPS) is 13.3. The molecule has 0 saturated heterocycles. The highest BCUT2D eigenvalue weighted by molar-refractivity contribution is 5.85. The molecule has 0 heterocycles. The predicted octanol–water partition coefficient (Wildman–Crippen LogP) is 3.26. The van der Waals surface area contributed by atoms with Crippen LogP contribution in [0.15, 0.2) is 18.2 Å². The average molecular weight is 343 g/mol. The maximum absolute atomic E-state index is 13.0. The number of alkyl halides is 3. The summed E-state index contributed by atoms with van der Waals surface area (Å²) >= 11 is 0. The van der Waals surface area contributed by atoms with Gasteiger partial charge in [0, 0.05) is 6.54 Å². The highest BCUT2D eigenvalue weighted by Crippen LogP contribution is 2.32. The molecule has 3 N–H and O–H groups in total. The van der Waals surface area contributed by atoms with E-state index >= 15 is 0 Å². The SMILES string of the molecule is CC(C)(C)[C@H](N)C(=O)NCc1ccc(F)cc1C(F)(F)F.Cl. The number of amides is 1. The first-order valence-corrected chi connectivity index (χ1v) is 6.32. The smallest absolute Gasteiger partial charge is 0.351 e. The van der Waals surface area contributed by atoms with Gasteiger partial charge in [0.25, 0.3) is 0 Å². The lowest BCUT2D eigenvalue weighted by Gasteiger charge is -2.26. The van der Waals surface area contributed by atoms with Crippen molar-refractivity contribution in [3.63, 3.8) is 0 Å². The van der Waals surface area contributed by atoms with Crippen LogP contribution < -0.4 is 11.1 Å². The van der Waals surface area contributed by atoms with Gasteiger partial charge in [0.1, 0.15) is 5.82 Å². The number of benzene rings is 1. The summed E-state index contributed by atoms with van der Waals surface area (Å²) < 4.78 is 51.3. The fraction of sp³-hybridized carbons (Fsp3) is 0.500. The molecule has 1 aromatic carbocycles. The third-order valence-electron chi connectivity index (χ3n) is 3.05. The molecule has 1 amide bonds. The van der Waals surface area contributed by atoms with Gasteiger partial charge >= 0.3 is 6.18 Å². The van der Waals surface area contributed by atoms with Crippen LogP contribution in [0.1, 0.15) is 31.9 Å². The van der Waals surface area contributed by atoms with Gasteiger partial charge in [-0.05, 0) is 23.1 Å². The van der Waals surface area contributed by atoms with E-state index in [0.29, 0.717) is 6.07 Å². The number of nitrogens with one attached hydrogen (secondary N) is 1. The van der Waals surface area contributed by atoms with Gasteiger partial charge in [0.05, 0.1) is 11.6 Å². The molecule has 3 nitrogen and oxygen atoms in total. The summed E-state index contributed by atoms with van der Waals surface area (Å²) in [5.74, 6) is -1.54. The number of hydrogen-bond donors (Lipinski definition) is 2. The van der Waals surface area contributed by atoms with Crippen molar-refractivity contribution in [3.8, 4) is 0 Å². The Bertz CT molecular complexity index is 527. The van der Waals surface area contributed by atoms with Crippen molar-refractivity contribution < 1.29 is 22.4 Å². The van der Waals surface area contributed by atoms with Crippen LogP contribution in [0.2, 0.25) is 0 Å². The van der Waals surface area contributed by atoms with E-state index in [1.165, 1.54) is 0 Å². The summed E-state index contributed by atoms with van der Waals surface area (Å²) in [7, 11) is 0. The number of halogens is 5. The first-order valence-electron chi connectivity index (χ1n) is 6.32. The number of carbonyl (C=O) groups is 1. The number of hydrogen-bond acceptors (Lipinski definition) is 2. The molecular formula is C14H19ClF4N2O. The molecule has 1 rings (SSSR count). The van der Waals surface area contributed by atoms with Gasteiger partial charge in [-0.3, -0.25) is 4.79 Å². The van der Waals surface area contributed by atoms with E-state index in [1.807, 2.05) is 0 Å². The molecule has 0 unspecified atom stereocenters. The molecule has 0 bridgehead atoms. The summed E-state index contributed by atoms with van der Waals surface area (Å²) in [6, 6.07) is 1.47. The lowest BCUT2D eigenvalue weighted by atomic mass is 9.87. The summed E-state index contributed by atoms with van der Waals surface area (Å²) in [6.45, 7) is 4.88. The Morgan fingerprint density at radius 3 is 2.27 bits per heavy atom. The molecular weight excluding hydrogens is 324 g/mol. The van der Waals surface area contributed by atoms with Gasteiger partial charge < -0.3 is 11.1 Å². The second kappa shape index (κ2) is 7.28. The third-order valence-corrected chi connectivity index (χ3v) is 3.05. The minimum Gasteiger partial charge on any atom is -0.351 e. The van der Waals surface area contributed by atoms with Crippen LogP contribution >= 0.6 is 12.4 Å². The van der Waals surface area contributed by atoms with E-state index in [2.05, 4.69) is 5.32 Å². The second-order valence-corrected chi connectivity index (χ2v) is 5.86. The van der Waals surface area contributed by atoms with Crippen LogP contribution in [0.25, 0.3) is 0 Å². The lowest BCUT2D eigenvalue weighted by molar-refractivity contribution is -0.138. The van der Waals surface area contributed by atoms with E-state index in [0.717, 1.165) is 12.1 Å². The van der Waals surface area contributed by atoms with Crippen molar-refractivity contribution >= 4 is 18.3 Å². The molecule has 0 fully saturated rings. The Kier molecular flexibility index (Phi) is 6.84. The monoisotopic (exact) mass is 342 g/mol. The van der Waals surface area contributed by atoms with Crippen LogP contribution in [0, 0.1) is 11.2 Å². The molecule has 0 aromatic heterocycles. The van der Waals surface area contributed by atoms with E-state index in [9.17, 15) is 22.4 Å². The molecule has 22 heavy (non-hydrogen) atoms. The minimum absolute atomic E-state index is 0. The first-order chi connectivity index (χ1) is 9.43.